The first-order chi connectivity index (χ1) is 9.08. The molecule has 0 unspecified atom stereocenters. The molecule has 0 radical (unpaired) electrons. The summed E-state index contributed by atoms with van der Waals surface area (Å²) in [5.74, 6) is 0.744. The zero-order valence-corrected chi connectivity index (χ0v) is 11.3. The Balaban J connectivity index is 2.04. The van der Waals surface area contributed by atoms with Crippen molar-refractivity contribution in [1.82, 2.24) is 19.5 Å². The normalized spacial score (nSPS) is 10.5. The standard InChI is InChI=1S/C13H17N5O/c1-9-8-10(2)18(13(19)17-9)7-6-16-12-11(3)14-4-5-15-12/h4-5,8H,6-7H2,1-3H3,(H,15,16). The highest BCUT2D eigenvalue weighted by atomic mass is 16.1. The lowest BCUT2D eigenvalue weighted by Crippen LogP contribution is -2.28. The molecule has 2 rings (SSSR count). The molecule has 100 valence electrons. The van der Waals surface area contributed by atoms with E-state index in [0.717, 1.165) is 22.9 Å². The van der Waals surface area contributed by atoms with Gasteiger partial charge < -0.3 is 5.32 Å². The lowest BCUT2D eigenvalue weighted by Gasteiger charge is -2.11. The van der Waals surface area contributed by atoms with Crippen molar-refractivity contribution in [3.63, 3.8) is 0 Å². The molecule has 0 aliphatic heterocycles. The number of rotatable bonds is 4. The topological polar surface area (TPSA) is 72.7 Å². The Morgan fingerprint density at radius 2 is 1.95 bits per heavy atom. The Bertz CT molecular complexity index is 635. The van der Waals surface area contributed by atoms with Crippen molar-refractivity contribution in [3.8, 4) is 0 Å². The predicted octanol–water partition coefficient (Wildman–Crippen LogP) is 1.07. The van der Waals surface area contributed by atoms with Gasteiger partial charge in [-0.1, -0.05) is 0 Å². The number of nitrogens with one attached hydrogen (secondary N) is 1. The molecule has 6 heteroatoms. The van der Waals surface area contributed by atoms with E-state index in [4.69, 9.17) is 0 Å². The van der Waals surface area contributed by atoms with Crippen LogP contribution in [-0.4, -0.2) is 26.1 Å². The highest BCUT2D eigenvalue weighted by Gasteiger charge is 2.03. The molecule has 0 spiro atoms. The van der Waals surface area contributed by atoms with Crippen molar-refractivity contribution in [2.75, 3.05) is 11.9 Å². The van der Waals surface area contributed by atoms with E-state index < -0.39 is 0 Å². The number of nitrogens with zero attached hydrogens (tertiary/aromatic N) is 4. The Morgan fingerprint density at radius 1 is 1.21 bits per heavy atom. The van der Waals surface area contributed by atoms with Gasteiger partial charge in [0.1, 0.15) is 5.82 Å². The number of hydrogen-bond acceptors (Lipinski definition) is 5. The van der Waals surface area contributed by atoms with E-state index in [1.807, 2.05) is 26.8 Å². The molecule has 6 nitrogen and oxygen atoms in total. The van der Waals surface area contributed by atoms with Gasteiger partial charge in [0, 0.05) is 36.9 Å². The number of hydrogen-bond donors (Lipinski definition) is 1. The molecule has 0 saturated heterocycles. The van der Waals surface area contributed by atoms with Crippen molar-refractivity contribution in [2.45, 2.75) is 27.3 Å². The van der Waals surface area contributed by atoms with Crippen LogP contribution >= 0.6 is 0 Å². The second-order valence-corrected chi connectivity index (χ2v) is 4.39. The van der Waals surface area contributed by atoms with E-state index in [-0.39, 0.29) is 5.69 Å². The highest BCUT2D eigenvalue weighted by molar-refractivity contribution is 5.37. The zero-order chi connectivity index (χ0) is 13.8. The Labute approximate surface area is 111 Å². The first-order valence-electron chi connectivity index (χ1n) is 6.14. The molecular weight excluding hydrogens is 242 g/mol. The fourth-order valence-electron chi connectivity index (χ4n) is 1.91. The molecule has 2 aromatic rings. The average Bonchev–Trinajstić information content (AvgIpc) is 2.34. The molecule has 1 N–H and O–H groups in total. The molecule has 2 aromatic heterocycles. The Hall–Kier alpha value is -2.24. The molecule has 0 bridgehead atoms. The molecule has 0 aromatic carbocycles. The van der Waals surface area contributed by atoms with Gasteiger partial charge in [-0.25, -0.2) is 9.78 Å². The van der Waals surface area contributed by atoms with Crippen molar-refractivity contribution >= 4 is 5.82 Å². The van der Waals surface area contributed by atoms with E-state index in [1.165, 1.54) is 0 Å². The Morgan fingerprint density at radius 3 is 2.63 bits per heavy atom. The fourth-order valence-corrected chi connectivity index (χ4v) is 1.91. The predicted molar refractivity (Wildman–Crippen MR) is 73.2 cm³/mol. The minimum absolute atomic E-state index is 0.213. The first-order valence-corrected chi connectivity index (χ1v) is 6.14. The van der Waals surface area contributed by atoms with Crippen LogP contribution in [0.3, 0.4) is 0 Å². The van der Waals surface area contributed by atoms with E-state index in [1.54, 1.807) is 17.0 Å². The summed E-state index contributed by atoms with van der Waals surface area (Å²) >= 11 is 0. The van der Waals surface area contributed by atoms with Gasteiger partial charge >= 0.3 is 5.69 Å². The van der Waals surface area contributed by atoms with Crippen LogP contribution in [0.15, 0.2) is 23.3 Å². The molecule has 19 heavy (non-hydrogen) atoms. The molecule has 2 heterocycles. The van der Waals surface area contributed by atoms with Gasteiger partial charge in [0.25, 0.3) is 0 Å². The van der Waals surface area contributed by atoms with Crippen LogP contribution in [-0.2, 0) is 6.54 Å². The van der Waals surface area contributed by atoms with Gasteiger partial charge in [0.2, 0.25) is 0 Å². The zero-order valence-electron chi connectivity index (χ0n) is 11.3. The average molecular weight is 259 g/mol. The van der Waals surface area contributed by atoms with E-state index >= 15 is 0 Å². The lowest BCUT2D eigenvalue weighted by molar-refractivity contribution is 0.646. The van der Waals surface area contributed by atoms with Crippen LogP contribution in [0, 0.1) is 20.8 Å². The quantitative estimate of drug-likeness (QED) is 0.889. The monoisotopic (exact) mass is 259 g/mol. The number of aryl methyl sites for hydroxylation is 3. The van der Waals surface area contributed by atoms with E-state index in [9.17, 15) is 4.79 Å². The molecule has 0 fully saturated rings. The maximum absolute atomic E-state index is 11.8. The summed E-state index contributed by atoms with van der Waals surface area (Å²) in [6.07, 6.45) is 3.29. The summed E-state index contributed by atoms with van der Waals surface area (Å²) < 4.78 is 1.64. The molecule has 0 amide bonds. The van der Waals surface area contributed by atoms with Gasteiger partial charge in [-0.05, 0) is 26.8 Å². The van der Waals surface area contributed by atoms with Gasteiger partial charge in [-0.3, -0.25) is 9.55 Å². The minimum atomic E-state index is -0.213. The van der Waals surface area contributed by atoms with Crippen LogP contribution in [0.4, 0.5) is 5.82 Å². The van der Waals surface area contributed by atoms with Gasteiger partial charge in [-0.15, -0.1) is 0 Å². The van der Waals surface area contributed by atoms with Crippen molar-refractivity contribution in [3.05, 3.63) is 46.0 Å². The summed E-state index contributed by atoms with van der Waals surface area (Å²) in [4.78, 5) is 24.0. The van der Waals surface area contributed by atoms with Gasteiger partial charge in [0.15, 0.2) is 0 Å². The third-order valence-corrected chi connectivity index (χ3v) is 2.86. The first kappa shape index (κ1) is 13.2. The summed E-state index contributed by atoms with van der Waals surface area (Å²) in [7, 11) is 0. The van der Waals surface area contributed by atoms with Crippen LogP contribution in [0.2, 0.25) is 0 Å². The smallest absolute Gasteiger partial charge is 0.348 e. The molecule has 0 aliphatic carbocycles. The maximum Gasteiger partial charge on any atom is 0.348 e. The summed E-state index contributed by atoms with van der Waals surface area (Å²) in [6.45, 7) is 6.77. The van der Waals surface area contributed by atoms with Crippen LogP contribution in [0.25, 0.3) is 0 Å². The highest BCUT2D eigenvalue weighted by Crippen LogP contribution is 2.05. The number of aromatic nitrogens is 4. The second kappa shape index (κ2) is 5.60. The number of anilines is 1. The molecule has 0 atom stereocenters. The van der Waals surface area contributed by atoms with Gasteiger partial charge in [0.05, 0.1) is 5.69 Å². The second-order valence-electron chi connectivity index (χ2n) is 4.39. The van der Waals surface area contributed by atoms with E-state index in [2.05, 4.69) is 20.3 Å². The third kappa shape index (κ3) is 3.15. The summed E-state index contributed by atoms with van der Waals surface area (Å²) in [6, 6.07) is 1.90. The van der Waals surface area contributed by atoms with Crippen LogP contribution in [0.1, 0.15) is 17.1 Å². The largest absolute Gasteiger partial charge is 0.367 e. The van der Waals surface area contributed by atoms with E-state index in [0.29, 0.717) is 13.1 Å². The lowest BCUT2D eigenvalue weighted by atomic mass is 10.3. The molecule has 0 saturated carbocycles. The maximum atomic E-state index is 11.8. The van der Waals surface area contributed by atoms with Crippen LogP contribution < -0.4 is 11.0 Å². The van der Waals surface area contributed by atoms with Crippen LogP contribution in [0.5, 0.6) is 0 Å². The Kier molecular flexibility index (Phi) is 3.89. The summed E-state index contributed by atoms with van der Waals surface area (Å²) in [5.41, 5.74) is 2.29. The minimum Gasteiger partial charge on any atom is -0.367 e. The molecule has 0 aliphatic rings. The van der Waals surface area contributed by atoms with Gasteiger partial charge in [-0.2, -0.15) is 4.98 Å². The third-order valence-electron chi connectivity index (χ3n) is 2.86. The molecular formula is C13H17N5O. The van der Waals surface area contributed by atoms with Crippen molar-refractivity contribution < 1.29 is 0 Å². The fraction of sp³-hybridized carbons (Fsp3) is 0.385. The summed E-state index contributed by atoms with van der Waals surface area (Å²) in [5, 5.41) is 3.17. The SMILES string of the molecule is Cc1cc(C)n(CCNc2nccnc2C)c(=O)n1. The van der Waals surface area contributed by atoms with Crippen molar-refractivity contribution in [1.29, 1.82) is 0 Å². The van der Waals surface area contributed by atoms with Crippen molar-refractivity contribution in [2.24, 2.45) is 0 Å².